The number of rotatable bonds is 4. The maximum Gasteiger partial charge on any atom is 0.226 e. The number of hydrogen-bond donors (Lipinski definition) is 1. The fraction of sp³-hybridized carbons (Fsp3) is 0.667. The molecule has 5 nitrogen and oxygen atoms in total. The van der Waals surface area contributed by atoms with E-state index in [1.165, 1.54) is 0 Å². The maximum absolute atomic E-state index is 6.03. The van der Waals surface area contributed by atoms with E-state index in [0.717, 1.165) is 24.3 Å². The fourth-order valence-electron chi connectivity index (χ4n) is 2.97. The molecule has 6 heteroatoms. The van der Waals surface area contributed by atoms with Gasteiger partial charge in [-0.3, -0.25) is 0 Å². The first-order chi connectivity index (χ1) is 9.61. The molecule has 0 aromatic carbocycles. The molecule has 2 aromatic heterocycles. The van der Waals surface area contributed by atoms with Gasteiger partial charge in [-0.25, -0.2) is 4.98 Å². The molecule has 1 N–H and O–H groups in total. The van der Waals surface area contributed by atoms with E-state index in [4.69, 9.17) is 11.6 Å². The predicted molar refractivity (Wildman–Crippen MR) is 87.8 cm³/mol. The second-order valence-electron chi connectivity index (χ2n) is 7.29. The minimum absolute atomic E-state index is 0.105. The number of nitrogens with one attached hydrogen (secondary N) is 1. The number of hydrogen-bond acceptors (Lipinski definition) is 4. The van der Waals surface area contributed by atoms with Crippen molar-refractivity contribution in [3.05, 3.63) is 11.6 Å². The highest BCUT2D eigenvalue weighted by Gasteiger charge is 2.27. The molecule has 2 aromatic rings. The summed E-state index contributed by atoms with van der Waals surface area (Å²) < 4.78 is 2.03. The molecule has 0 atom stereocenters. The summed E-state index contributed by atoms with van der Waals surface area (Å²) >= 11 is 6.03. The summed E-state index contributed by atoms with van der Waals surface area (Å²) in [7, 11) is 0. The molecule has 21 heavy (non-hydrogen) atoms. The Balaban J connectivity index is 2.43. The van der Waals surface area contributed by atoms with Gasteiger partial charge in [0.15, 0.2) is 11.5 Å². The average molecular weight is 310 g/mol. The van der Waals surface area contributed by atoms with Crippen LogP contribution in [0.3, 0.4) is 0 Å². The first-order valence-electron chi connectivity index (χ1n) is 7.28. The topological polar surface area (TPSA) is 55.6 Å². The number of aryl methyl sites for hydroxylation is 1. The highest BCUT2D eigenvalue weighted by molar-refractivity contribution is 6.28. The highest BCUT2D eigenvalue weighted by atomic mass is 35.5. The number of halogens is 1. The number of aromatic nitrogens is 4. The number of imidazole rings is 1. The van der Waals surface area contributed by atoms with Crippen LogP contribution in [-0.2, 0) is 6.54 Å². The molecule has 0 unspecified atom stereocenters. The van der Waals surface area contributed by atoms with E-state index in [1.807, 2.05) is 4.57 Å². The van der Waals surface area contributed by atoms with Crippen LogP contribution >= 0.6 is 11.6 Å². The zero-order valence-corrected chi connectivity index (χ0v) is 14.4. The van der Waals surface area contributed by atoms with Crippen molar-refractivity contribution in [3.63, 3.8) is 0 Å². The third kappa shape index (κ3) is 3.84. The zero-order chi connectivity index (χ0) is 15.8. The van der Waals surface area contributed by atoms with Crippen molar-refractivity contribution < 1.29 is 0 Å². The van der Waals surface area contributed by atoms with Crippen molar-refractivity contribution in [1.29, 1.82) is 0 Å². The lowest BCUT2D eigenvalue weighted by Crippen LogP contribution is -2.36. The lowest BCUT2D eigenvalue weighted by molar-refractivity contribution is 0.302. The minimum atomic E-state index is -0.105. The molecule has 0 spiro atoms. The summed E-state index contributed by atoms with van der Waals surface area (Å²) in [6, 6.07) is 0. The standard InChI is InChI=1S/C15H24ClN5/c1-7-21-9-17-11-10(21)12(19-13(16)18-11)20-15(5,6)8-14(2,3)4/h9H,7-8H2,1-6H3,(H,18,19,20). The molecule has 0 amide bonds. The Kier molecular flexibility index (Phi) is 4.15. The van der Waals surface area contributed by atoms with Gasteiger partial charge in [-0.05, 0) is 44.2 Å². The van der Waals surface area contributed by atoms with Gasteiger partial charge in [0.05, 0.1) is 6.33 Å². The van der Waals surface area contributed by atoms with E-state index in [-0.39, 0.29) is 16.2 Å². The Morgan fingerprint density at radius 2 is 1.86 bits per heavy atom. The van der Waals surface area contributed by atoms with Crippen molar-refractivity contribution >= 4 is 28.6 Å². The normalized spacial score (nSPS) is 12.9. The van der Waals surface area contributed by atoms with Crippen LogP contribution in [0.1, 0.15) is 48.0 Å². The van der Waals surface area contributed by atoms with Crippen LogP contribution < -0.4 is 5.32 Å². The van der Waals surface area contributed by atoms with E-state index in [9.17, 15) is 0 Å². The molecular formula is C15H24ClN5. The molecule has 0 radical (unpaired) electrons. The van der Waals surface area contributed by atoms with E-state index in [2.05, 4.69) is 61.8 Å². The van der Waals surface area contributed by atoms with Crippen molar-refractivity contribution in [2.24, 2.45) is 5.41 Å². The first kappa shape index (κ1) is 16.0. The molecule has 0 saturated carbocycles. The van der Waals surface area contributed by atoms with Gasteiger partial charge in [0.25, 0.3) is 0 Å². The smallest absolute Gasteiger partial charge is 0.226 e. The third-order valence-electron chi connectivity index (χ3n) is 3.21. The SMILES string of the molecule is CCn1cnc2nc(Cl)nc(NC(C)(C)CC(C)(C)C)c21. The Hall–Kier alpha value is -1.36. The lowest BCUT2D eigenvalue weighted by Gasteiger charge is -2.34. The highest BCUT2D eigenvalue weighted by Crippen LogP contribution is 2.31. The van der Waals surface area contributed by atoms with Gasteiger partial charge in [-0.1, -0.05) is 20.8 Å². The lowest BCUT2D eigenvalue weighted by atomic mass is 9.82. The number of anilines is 1. The molecule has 2 heterocycles. The van der Waals surface area contributed by atoms with Crippen molar-refractivity contribution in [2.45, 2.75) is 60.0 Å². The summed E-state index contributed by atoms with van der Waals surface area (Å²) in [4.78, 5) is 12.9. The molecule has 0 aliphatic heterocycles. The molecule has 2 rings (SSSR count). The molecule has 0 saturated heterocycles. The van der Waals surface area contributed by atoms with Crippen molar-refractivity contribution in [3.8, 4) is 0 Å². The quantitative estimate of drug-likeness (QED) is 0.863. The monoisotopic (exact) mass is 309 g/mol. The molecule has 0 fully saturated rings. The van der Waals surface area contributed by atoms with Crippen molar-refractivity contribution in [1.82, 2.24) is 19.5 Å². The molecular weight excluding hydrogens is 286 g/mol. The van der Waals surface area contributed by atoms with E-state index < -0.39 is 0 Å². The van der Waals surface area contributed by atoms with Crippen LogP contribution in [-0.4, -0.2) is 25.1 Å². The van der Waals surface area contributed by atoms with E-state index in [0.29, 0.717) is 5.65 Å². The molecule has 0 aliphatic carbocycles. The Labute approximate surface area is 131 Å². The number of nitrogens with zero attached hydrogens (tertiary/aromatic N) is 4. The Morgan fingerprint density at radius 3 is 2.43 bits per heavy atom. The predicted octanol–water partition coefficient (Wildman–Crippen LogP) is 4.13. The van der Waals surface area contributed by atoms with Crippen LogP contribution in [0.5, 0.6) is 0 Å². The fourth-order valence-corrected chi connectivity index (χ4v) is 3.14. The van der Waals surface area contributed by atoms with Crippen LogP contribution in [0.4, 0.5) is 5.82 Å². The summed E-state index contributed by atoms with van der Waals surface area (Å²) in [5.41, 5.74) is 1.65. The molecule has 0 bridgehead atoms. The van der Waals surface area contributed by atoms with Gasteiger partial charge in [0.1, 0.15) is 5.52 Å². The van der Waals surface area contributed by atoms with Gasteiger partial charge < -0.3 is 9.88 Å². The molecule has 0 aliphatic rings. The third-order valence-corrected chi connectivity index (χ3v) is 3.38. The van der Waals surface area contributed by atoms with Gasteiger partial charge in [0, 0.05) is 12.1 Å². The van der Waals surface area contributed by atoms with Crippen LogP contribution in [0.25, 0.3) is 11.2 Å². The van der Waals surface area contributed by atoms with Gasteiger partial charge >= 0.3 is 0 Å². The number of fused-ring (bicyclic) bond motifs is 1. The second-order valence-corrected chi connectivity index (χ2v) is 7.63. The second kappa shape index (κ2) is 5.44. The maximum atomic E-state index is 6.03. The van der Waals surface area contributed by atoms with Gasteiger partial charge in [-0.2, -0.15) is 9.97 Å². The minimum Gasteiger partial charge on any atom is -0.363 e. The molecule has 116 valence electrons. The Bertz CT molecular complexity index is 639. The van der Waals surface area contributed by atoms with E-state index >= 15 is 0 Å². The van der Waals surface area contributed by atoms with E-state index in [1.54, 1.807) is 6.33 Å². The zero-order valence-electron chi connectivity index (χ0n) is 13.7. The summed E-state index contributed by atoms with van der Waals surface area (Å²) in [6.45, 7) is 13.9. The van der Waals surface area contributed by atoms with Gasteiger partial charge in [0.2, 0.25) is 5.28 Å². The summed E-state index contributed by atoms with van der Waals surface area (Å²) in [5.74, 6) is 0.749. The van der Waals surface area contributed by atoms with Crippen LogP contribution in [0.15, 0.2) is 6.33 Å². The average Bonchev–Trinajstić information content (AvgIpc) is 2.67. The van der Waals surface area contributed by atoms with Crippen LogP contribution in [0.2, 0.25) is 5.28 Å². The van der Waals surface area contributed by atoms with Gasteiger partial charge in [-0.15, -0.1) is 0 Å². The summed E-state index contributed by atoms with van der Waals surface area (Å²) in [6.07, 6.45) is 2.78. The van der Waals surface area contributed by atoms with Crippen molar-refractivity contribution in [2.75, 3.05) is 5.32 Å². The first-order valence-corrected chi connectivity index (χ1v) is 7.66. The Morgan fingerprint density at radius 1 is 1.19 bits per heavy atom. The largest absolute Gasteiger partial charge is 0.363 e. The van der Waals surface area contributed by atoms with Crippen LogP contribution in [0, 0.1) is 5.41 Å². The summed E-state index contributed by atoms with van der Waals surface area (Å²) in [5, 5.41) is 3.74.